The van der Waals surface area contributed by atoms with Crippen molar-refractivity contribution in [3.63, 3.8) is 0 Å². The summed E-state index contributed by atoms with van der Waals surface area (Å²) in [5, 5.41) is 12.5. The summed E-state index contributed by atoms with van der Waals surface area (Å²) >= 11 is 6.76. The Labute approximate surface area is 172 Å². The van der Waals surface area contributed by atoms with Crippen molar-refractivity contribution in [2.75, 3.05) is 0 Å². The Kier molecular flexibility index (Phi) is 8.62. The Bertz CT molecular complexity index is 504. The van der Waals surface area contributed by atoms with Crippen molar-refractivity contribution in [3.8, 4) is 0 Å². The third-order valence-electron chi connectivity index (χ3n) is 3.63. The molecule has 22 heavy (non-hydrogen) atoms. The molecule has 0 aromatic heterocycles. The van der Waals surface area contributed by atoms with E-state index in [1.54, 1.807) is 0 Å². The number of hydrogen-bond donors (Lipinski definition) is 2. The van der Waals surface area contributed by atoms with Gasteiger partial charge in [0.05, 0.1) is 5.92 Å². The molecule has 0 bridgehead atoms. The number of nitrogens with one attached hydrogen (secondary N) is 1. The molecule has 4 nitrogen and oxygen atoms in total. The van der Waals surface area contributed by atoms with Crippen LogP contribution in [0.1, 0.15) is 39.5 Å². The lowest BCUT2D eigenvalue weighted by molar-refractivity contribution is -0.142. The van der Waals surface area contributed by atoms with Gasteiger partial charge in [-0.1, -0.05) is 13.8 Å². The molecule has 0 fully saturated rings. The highest BCUT2D eigenvalue weighted by Crippen LogP contribution is 2.45. The van der Waals surface area contributed by atoms with Gasteiger partial charge in [0.1, 0.15) is 3.55 Å². The second-order valence-electron chi connectivity index (χ2n) is 5.36. The first-order valence-corrected chi connectivity index (χ1v) is 10.4. The largest absolute Gasteiger partial charge is 0.481 e. The minimum atomic E-state index is -0.769. The highest BCUT2D eigenvalue weighted by atomic mass is 127. The number of hydrogen-bond acceptors (Lipinski definition) is 2. The molecule has 0 saturated carbocycles. The van der Waals surface area contributed by atoms with Gasteiger partial charge in [-0.05, 0) is 103 Å². The van der Waals surface area contributed by atoms with Crippen LogP contribution >= 0.6 is 67.8 Å². The summed E-state index contributed by atoms with van der Waals surface area (Å²) in [6, 6.07) is 0. The molecular weight excluding hydrogens is 623 g/mol. The normalized spacial score (nSPS) is 26.0. The van der Waals surface area contributed by atoms with Crippen LogP contribution in [-0.4, -0.2) is 20.5 Å². The predicted molar refractivity (Wildman–Crippen MR) is 114 cm³/mol. The number of carbonyl (C=O) groups excluding carboxylic acids is 1. The van der Waals surface area contributed by atoms with Crippen LogP contribution in [-0.2, 0) is 9.59 Å². The third-order valence-corrected chi connectivity index (χ3v) is 6.65. The van der Waals surface area contributed by atoms with Crippen LogP contribution < -0.4 is 5.32 Å². The number of aliphatic carboxylic acids is 1. The molecule has 3 atom stereocenters. The molecule has 124 valence electrons. The molecule has 0 saturated heterocycles. The molecule has 0 aromatic carbocycles. The maximum absolute atomic E-state index is 12.1. The minimum Gasteiger partial charge on any atom is -0.481 e. The number of halogens is 3. The number of rotatable bonds is 7. The standard InChI is InChI=1S/C15H20I3NO3/c1-3-5-13(20)19-15(18)8-10(16)7-12(17)11(15)6-9(4-2)14(21)22/h7-9,11H,3-6H2,1-2H3,(H,19,20)(H,21,22). The summed E-state index contributed by atoms with van der Waals surface area (Å²) in [7, 11) is 0. The number of carboxylic acids is 1. The Hall–Kier alpha value is 0.610. The maximum Gasteiger partial charge on any atom is 0.306 e. The van der Waals surface area contributed by atoms with Gasteiger partial charge in [-0.15, -0.1) is 0 Å². The van der Waals surface area contributed by atoms with E-state index in [0.717, 1.165) is 13.6 Å². The van der Waals surface area contributed by atoms with Gasteiger partial charge in [-0.3, -0.25) is 9.59 Å². The fraction of sp³-hybridized carbons (Fsp3) is 0.600. The quantitative estimate of drug-likeness (QED) is 0.238. The van der Waals surface area contributed by atoms with Crippen molar-refractivity contribution in [3.05, 3.63) is 19.3 Å². The zero-order valence-electron chi connectivity index (χ0n) is 12.5. The van der Waals surface area contributed by atoms with Gasteiger partial charge in [-0.25, -0.2) is 0 Å². The Morgan fingerprint density at radius 3 is 2.55 bits per heavy atom. The number of carbonyl (C=O) groups is 2. The molecule has 0 aromatic rings. The summed E-state index contributed by atoms with van der Waals surface area (Å²) in [6.07, 6.45) is 6.48. The van der Waals surface area contributed by atoms with E-state index in [-0.39, 0.29) is 11.8 Å². The fourth-order valence-corrected chi connectivity index (χ4v) is 7.33. The topological polar surface area (TPSA) is 66.4 Å². The second kappa shape index (κ2) is 9.19. The van der Waals surface area contributed by atoms with Gasteiger partial charge in [0.2, 0.25) is 5.91 Å². The van der Waals surface area contributed by atoms with Crippen LogP contribution in [0.3, 0.4) is 0 Å². The average Bonchev–Trinajstić information content (AvgIpc) is 2.37. The van der Waals surface area contributed by atoms with Gasteiger partial charge < -0.3 is 10.4 Å². The SMILES string of the molecule is CCCC(=O)NC1(I)C=C(I)C=C(I)C1CC(CC)C(=O)O. The van der Waals surface area contributed by atoms with Gasteiger partial charge >= 0.3 is 5.97 Å². The Balaban J connectivity index is 3.05. The number of amides is 1. The molecule has 7 heteroatoms. The molecule has 1 rings (SSSR count). The average molecular weight is 643 g/mol. The molecule has 3 unspecified atom stereocenters. The van der Waals surface area contributed by atoms with Crippen LogP contribution in [0.5, 0.6) is 0 Å². The van der Waals surface area contributed by atoms with E-state index in [1.807, 2.05) is 19.9 Å². The minimum absolute atomic E-state index is 0.0109. The van der Waals surface area contributed by atoms with Crippen molar-refractivity contribution in [2.24, 2.45) is 11.8 Å². The molecule has 1 amide bonds. The molecular formula is C15H20I3NO3. The summed E-state index contributed by atoms with van der Waals surface area (Å²) < 4.78 is 1.59. The predicted octanol–water partition coefficient (Wildman–Crippen LogP) is 4.80. The van der Waals surface area contributed by atoms with Crippen LogP contribution in [0.15, 0.2) is 19.3 Å². The summed E-state index contributed by atoms with van der Waals surface area (Å²) in [6.45, 7) is 3.86. The number of alkyl halides is 1. The van der Waals surface area contributed by atoms with E-state index in [1.165, 1.54) is 0 Å². The van der Waals surface area contributed by atoms with E-state index in [4.69, 9.17) is 0 Å². The molecule has 0 aliphatic heterocycles. The lowest BCUT2D eigenvalue weighted by atomic mass is 9.85. The third kappa shape index (κ3) is 5.60. The second-order valence-corrected chi connectivity index (χ2v) is 9.63. The van der Waals surface area contributed by atoms with Crippen molar-refractivity contribution in [2.45, 2.75) is 43.1 Å². The highest BCUT2D eigenvalue weighted by Gasteiger charge is 2.41. The van der Waals surface area contributed by atoms with E-state index in [9.17, 15) is 14.7 Å². The molecule has 1 aliphatic rings. The molecule has 1 aliphatic carbocycles. The van der Waals surface area contributed by atoms with Crippen LogP contribution in [0.4, 0.5) is 0 Å². The maximum atomic E-state index is 12.1. The van der Waals surface area contributed by atoms with E-state index < -0.39 is 15.4 Å². The monoisotopic (exact) mass is 643 g/mol. The van der Waals surface area contributed by atoms with E-state index >= 15 is 0 Å². The molecule has 2 N–H and O–H groups in total. The first-order valence-electron chi connectivity index (χ1n) is 7.21. The first-order chi connectivity index (χ1) is 10.2. The first kappa shape index (κ1) is 20.7. The summed E-state index contributed by atoms with van der Waals surface area (Å²) in [5.74, 6) is -1.18. The molecule has 0 radical (unpaired) electrons. The van der Waals surface area contributed by atoms with Crippen LogP contribution in [0.25, 0.3) is 0 Å². The van der Waals surface area contributed by atoms with Gasteiger partial charge in [0, 0.05) is 15.9 Å². The van der Waals surface area contributed by atoms with Gasteiger partial charge in [0.25, 0.3) is 0 Å². The van der Waals surface area contributed by atoms with Crippen molar-refractivity contribution in [1.82, 2.24) is 5.32 Å². The highest BCUT2D eigenvalue weighted by molar-refractivity contribution is 14.1. The zero-order valence-corrected chi connectivity index (χ0v) is 19.0. The van der Waals surface area contributed by atoms with Crippen LogP contribution in [0.2, 0.25) is 0 Å². The van der Waals surface area contributed by atoms with Crippen molar-refractivity contribution in [1.29, 1.82) is 0 Å². The van der Waals surface area contributed by atoms with Crippen molar-refractivity contribution >= 4 is 79.6 Å². The molecule has 0 heterocycles. The number of allylic oxidation sites excluding steroid dienone is 2. The molecule has 0 spiro atoms. The number of carboxylic acid groups (broad SMARTS) is 1. The lowest BCUT2D eigenvalue weighted by Gasteiger charge is -2.38. The van der Waals surface area contributed by atoms with E-state index in [0.29, 0.717) is 19.3 Å². The lowest BCUT2D eigenvalue weighted by Crippen LogP contribution is -2.49. The Morgan fingerprint density at radius 1 is 1.41 bits per heavy atom. The summed E-state index contributed by atoms with van der Waals surface area (Å²) in [5.41, 5.74) is 0. The van der Waals surface area contributed by atoms with Crippen molar-refractivity contribution < 1.29 is 14.7 Å². The van der Waals surface area contributed by atoms with Crippen LogP contribution in [0, 0.1) is 11.8 Å². The van der Waals surface area contributed by atoms with Gasteiger partial charge in [0.15, 0.2) is 0 Å². The Morgan fingerprint density at radius 2 is 2.05 bits per heavy atom. The van der Waals surface area contributed by atoms with E-state index in [2.05, 4.69) is 79.2 Å². The zero-order chi connectivity index (χ0) is 16.9. The fourth-order valence-electron chi connectivity index (χ4n) is 2.41. The summed E-state index contributed by atoms with van der Waals surface area (Å²) in [4.78, 5) is 23.5. The van der Waals surface area contributed by atoms with Gasteiger partial charge in [-0.2, -0.15) is 0 Å². The smallest absolute Gasteiger partial charge is 0.306 e.